The topological polar surface area (TPSA) is 104 Å². The van der Waals surface area contributed by atoms with Crippen LogP contribution in [0.25, 0.3) is 11.1 Å². The van der Waals surface area contributed by atoms with Gasteiger partial charge in [-0.25, -0.2) is 0 Å². The lowest BCUT2D eigenvalue weighted by molar-refractivity contribution is -0.135. The van der Waals surface area contributed by atoms with Gasteiger partial charge in [-0.1, -0.05) is 12.1 Å². The summed E-state index contributed by atoms with van der Waals surface area (Å²) < 4.78 is 0. The second-order valence-electron chi connectivity index (χ2n) is 6.38. The molecule has 26 heavy (non-hydrogen) atoms. The Bertz CT molecular complexity index is 967. The Balaban J connectivity index is 2.03. The molecule has 1 amide bonds. The Kier molecular flexibility index (Phi) is 4.50. The lowest BCUT2D eigenvalue weighted by Gasteiger charge is -2.44. The van der Waals surface area contributed by atoms with Crippen LogP contribution in [0, 0.1) is 34.0 Å². The first-order valence-corrected chi connectivity index (χ1v) is 8.89. The Morgan fingerprint density at radius 1 is 1.35 bits per heavy atom. The normalized spacial score (nSPS) is 22.5. The molecule has 130 valence electrons. The average molecular weight is 363 g/mol. The van der Waals surface area contributed by atoms with Crippen LogP contribution in [0.3, 0.4) is 0 Å². The zero-order valence-electron chi connectivity index (χ0n) is 14.4. The maximum absolute atomic E-state index is 12.6. The Morgan fingerprint density at radius 2 is 2.12 bits per heavy atom. The SMILES string of the molecule is CN1C(=N)N[C@](C)(c2cc(-c3cccc(C#N)c3)cs2)C(CC#N)C1=O. The third kappa shape index (κ3) is 2.83. The smallest absolute Gasteiger partial charge is 0.235 e. The van der Waals surface area contributed by atoms with Crippen LogP contribution in [0.5, 0.6) is 0 Å². The third-order valence-corrected chi connectivity index (χ3v) is 5.94. The van der Waals surface area contributed by atoms with Crippen molar-refractivity contribution in [2.45, 2.75) is 18.9 Å². The molecule has 2 aromatic rings. The molecular formula is C19H17N5OS. The molecular weight excluding hydrogens is 346 g/mol. The summed E-state index contributed by atoms with van der Waals surface area (Å²) in [5, 5.41) is 31.4. The molecule has 1 aliphatic rings. The van der Waals surface area contributed by atoms with Crippen LogP contribution in [0.1, 0.15) is 23.8 Å². The second kappa shape index (κ2) is 6.62. The van der Waals surface area contributed by atoms with Crippen LogP contribution in [0.2, 0.25) is 0 Å². The summed E-state index contributed by atoms with van der Waals surface area (Å²) >= 11 is 1.48. The summed E-state index contributed by atoms with van der Waals surface area (Å²) in [7, 11) is 1.54. The summed E-state index contributed by atoms with van der Waals surface area (Å²) in [6.45, 7) is 1.86. The minimum absolute atomic E-state index is 0.0214. The van der Waals surface area contributed by atoms with Gasteiger partial charge in [-0.2, -0.15) is 10.5 Å². The van der Waals surface area contributed by atoms with Gasteiger partial charge in [0.1, 0.15) is 0 Å². The number of guanidine groups is 1. The molecule has 0 aliphatic carbocycles. The number of rotatable bonds is 3. The van der Waals surface area contributed by atoms with Crippen molar-refractivity contribution in [1.29, 1.82) is 15.9 Å². The predicted octanol–water partition coefficient (Wildman–Crippen LogP) is 3.03. The van der Waals surface area contributed by atoms with E-state index in [1.54, 1.807) is 6.07 Å². The first-order valence-electron chi connectivity index (χ1n) is 8.01. The molecule has 2 heterocycles. The highest BCUT2D eigenvalue weighted by Gasteiger charge is 2.48. The molecule has 1 unspecified atom stereocenters. The van der Waals surface area contributed by atoms with Crippen molar-refractivity contribution >= 4 is 23.2 Å². The summed E-state index contributed by atoms with van der Waals surface area (Å²) in [5.74, 6) is -0.795. The molecule has 1 fully saturated rings. The highest BCUT2D eigenvalue weighted by atomic mass is 32.1. The number of hydrogen-bond donors (Lipinski definition) is 2. The average Bonchev–Trinajstić information content (AvgIpc) is 3.14. The van der Waals surface area contributed by atoms with E-state index in [4.69, 9.17) is 10.7 Å². The summed E-state index contributed by atoms with van der Waals surface area (Å²) in [4.78, 5) is 14.8. The molecule has 2 N–H and O–H groups in total. The fourth-order valence-corrected chi connectivity index (χ4v) is 4.24. The molecule has 1 aromatic carbocycles. The summed E-state index contributed by atoms with van der Waals surface area (Å²) in [6.07, 6.45) is 0.0666. The van der Waals surface area contributed by atoms with Crippen LogP contribution in [0.4, 0.5) is 0 Å². The van der Waals surface area contributed by atoms with Gasteiger partial charge in [0, 0.05) is 18.3 Å². The molecule has 3 rings (SSSR count). The molecule has 1 saturated heterocycles. The Hall–Kier alpha value is -3.16. The molecule has 0 bridgehead atoms. The van der Waals surface area contributed by atoms with E-state index in [1.807, 2.05) is 36.6 Å². The van der Waals surface area contributed by atoms with Crippen LogP contribution < -0.4 is 5.32 Å². The van der Waals surface area contributed by atoms with Gasteiger partial charge in [0.05, 0.1) is 29.2 Å². The summed E-state index contributed by atoms with van der Waals surface area (Å²) in [6, 6.07) is 13.5. The van der Waals surface area contributed by atoms with Gasteiger partial charge in [-0.3, -0.25) is 15.1 Å². The van der Waals surface area contributed by atoms with Crippen LogP contribution in [-0.4, -0.2) is 23.8 Å². The van der Waals surface area contributed by atoms with Crippen molar-refractivity contribution in [2.75, 3.05) is 7.05 Å². The van der Waals surface area contributed by atoms with E-state index in [0.29, 0.717) is 5.56 Å². The number of carbonyl (C=O) groups is 1. The molecule has 7 heteroatoms. The number of nitriles is 2. The Morgan fingerprint density at radius 3 is 2.81 bits per heavy atom. The molecule has 1 aromatic heterocycles. The second-order valence-corrected chi connectivity index (χ2v) is 7.29. The number of amides is 1. The highest BCUT2D eigenvalue weighted by Crippen LogP contribution is 2.40. The number of nitrogens with zero attached hydrogens (tertiary/aromatic N) is 3. The first-order chi connectivity index (χ1) is 12.4. The number of thiophene rings is 1. The molecule has 1 aliphatic heterocycles. The Labute approximate surface area is 155 Å². The van der Waals surface area contributed by atoms with Crippen molar-refractivity contribution in [1.82, 2.24) is 10.2 Å². The van der Waals surface area contributed by atoms with Crippen LogP contribution in [0.15, 0.2) is 35.7 Å². The lowest BCUT2D eigenvalue weighted by Crippen LogP contribution is -2.63. The number of carbonyl (C=O) groups excluding carboxylic acids is 1. The van der Waals surface area contributed by atoms with E-state index < -0.39 is 11.5 Å². The first kappa shape index (κ1) is 17.7. The minimum Gasteiger partial charge on any atom is -0.345 e. The quantitative estimate of drug-likeness (QED) is 0.874. The van der Waals surface area contributed by atoms with Crippen molar-refractivity contribution in [3.05, 3.63) is 46.2 Å². The third-order valence-electron chi connectivity index (χ3n) is 4.77. The van der Waals surface area contributed by atoms with Gasteiger partial charge in [-0.05, 0) is 41.6 Å². The van der Waals surface area contributed by atoms with E-state index >= 15 is 0 Å². The highest BCUT2D eigenvalue weighted by molar-refractivity contribution is 7.10. The predicted molar refractivity (Wildman–Crippen MR) is 99.2 cm³/mol. The van der Waals surface area contributed by atoms with Crippen LogP contribution in [-0.2, 0) is 10.3 Å². The minimum atomic E-state index is -0.827. The fourth-order valence-electron chi connectivity index (χ4n) is 3.15. The van der Waals surface area contributed by atoms with Gasteiger partial charge in [0.2, 0.25) is 5.91 Å². The maximum Gasteiger partial charge on any atom is 0.235 e. The largest absolute Gasteiger partial charge is 0.345 e. The standard InChI is InChI=1S/C19H17N5OS/c1-19(15(6-7-20)17(25)24(2)18(22)23-19)16-9-14(11-26-16)13-5-3-4-12(8-13)10-21/h3-5,8-9,11,15H,6H2,1-2H3,(H2,22,23)/t15?,19-/m0/s1. The number of nitrogens with one attached hydrogen (secondary N) is 2. The molecule has 6 nitrogen and oxygen atoms in total. The van der Waals surface area contributed by atoms with E-state index in [9.17, 15) is 10.1 Å². The monoisotopic (exact) mass is 363 g/mol. The fraction of sp³-hybridized carbons (Fsp3) is 0.263. The van der Waals surface area contributed by atoms with Crippen molar-refractivity contribution in [3.8, 4) is 23.3 Å². The molecule has 0 radical (unpaired) electrons. The van der Waals surface area contributed by atoms with Crippen molar-refractivity contribution in [3.63, 3.8) is 0 Å². The molecule has 0 saturated carbocycles. The van der Waals surface area contributed by atoms with Gasteiger partial charge in [0.15, 0.2) is 5.96 Å². The lowest BCUT2D eigenvalue weighted by atomic mass is 9.79. The van der Waals surface area contributed by atoms with E-state index in [2.05, 4.69) is 17.5 Å². The van der Waals surface area contributed by atoms with Crippen LogP contribution >= 0.6 is 11.3 Å². The molecule has 2 atom stereocenters. The number of hydrogen-bond acceptors (Lipinski definition) is 5. The van der Waals surface area contributed by atoms with E-state index in [-0.39, 0.29) is 18.3 Å². The van der Waals surface area contributed by atoms with Crippen molar-refractivity contribution in [2.24, 2.45) is 5.92 Å². The number of benzene rings is 1. The van der Waals surface area contributed by atoms with Gasteiger partial charge in [-0.15, -0.1) is 11.3 Å². The van der Waals surface area contributed by atoms with E-state index in [0.717, 1.165) is 16.0 Å². The van der Waals surface area contributed by atoms with Gasteiger partial charge < -0.3 is 5.32 Å². The zero-order valence-corrected chi connectivity index (χ0v) is 15.2. The van der Waals surface area contributed by atoms with Gasteiger partial charge >= 0.3 is 0 Å². The maximum atomic E-state index is 12.6. The zero-order chi connectivity index (χ0) is 18.9. The van der Waals surface area contributed by atoms with E-state index in [1.165, 1.54) is 23.3 Å². The van der Waals surface area contributed by atoms with Gasteiger partial charge in [0.25, 0.3) is 0 Å². The van der Waals surface area contributed by atoms with Crippen molar-refractivity contribution < 1.29 is 4.79 Å². The molecule has 0 spiro atoms. The summed E-state index contributed by atoms with van der Waals surface area (Å²) in [5.41, 5.74) is 1.62.